The lowest BCUT2D eigenvalue weighted by molar-refractivity contribution is -0.384. The van der Waals surface area contributed by atoms with Crippen LogP contribution in [0.25, 0.3) is 0 Å². The number of aromatic nitrogens is 2. The van der Waals surface area contributed by atoms with Gasteiger partial charge in [0.15, 0.2) is 0 Å². The van der Waals surface area contributed by atoms with Gasteiger partial charge in [-0.15, -0.1) is 0 Å². The summed E-state index contributed by atoms with van der Waals surface area (Å²) in [6.45, 7) is 4.69. The van der Waals surface area contributed by atoms with Crippen molar-refractivity contribution in [2.75, 3.05) is 25.0 Å². The Balaban J connectivity index is 1.62. The zero-order valence-corrected chi connectivity index (χ0v) is 20.0. The quantitative estimate of drug-likeness (QED) is 0.420. The normalized spacial score (nSPS) is 15.3. The largest absolute Gasteiger partial charge is 0.350 e. The summed E-state index contributed by atoms with van der Waals surface area (Å²) >= 11 is 0. The summed E-state index contributed by atoms with van der Waals surface area (Å²) in [4.78, 5) is 35.5. The Morgan fingerprint density at radius 1 is 1.21 bits per heavy atom. The second-order valence-corrected chi connectivity index (χ2v) is 10.5. The van der Waals surface area contributed by atoms with E-state index in [4.69, 9.17) is 0 Å². The third-order valence-corrected chi connectivity index (χ3v) is 7.51. The van der Waals surface area contributed by atoms with Gasteiger partial charge in [-0.05, 0) is 30.9 Å². The van der Waals surface area contributed by atoms with Crippen LogP contribution in [-0.2, 0) is 21.9 Å². The summed E-state index contributed by atoms with van der Waals surface area (Å²) in [7, 11) is -2.22. The van der Waals surface area contributed by atoms with Gasteiger partial charge in [0.2, 0.25) is 15.9 Å². The molecule has 0 radical (unpaired) electrons. The topological polar surface area (TPSA) is 157 Å². The number of sulfonamides is 1. The standard InChI is InChI=1S/C21H28N6O6S/c1-14(2)12-22-21(29)19-18(13-23-25(19)3)24-20(28)15-8-10-26(11-9-15)34(32,33)17-6-4-16(5-7-17)27(30)31/h4-7,13-15H,8-12H2,1-3H3,(H,22,29)(H,24,28). The van der Waals surface area contributed by atoms with Crippen LogP contribution in [-0.4, -0.2) is 58.9 Å². The molecule has 34 heavy (non-hydrogen) atoms. The van der Waals surface area contributed by atoms with Gasteiger partial charge in [-0.2, -0.15) is 9.40 Å². The van der Waals surface area contributed by atoms with Crippen LogP contribution in [0.2, 0.25) is 0 Å². The first kappa shape index (κ1) is 25.3. The number of carbonyl (C=O) groups is 2. The Kier molecular flexibility index (Phi) is 7.67. The summed E-state index contributed by atoms with van der Waals surface area (Å²) in [5.41, 5.74) is 0.351. The number of rotatable bonds is 8. The molecule has 13 heteroatoms. The minimum atomic E-state index is -3.83. The highest BCUT2D eigenvalue weighted by molar-refractivity contribution is 7.89. The molecule has 1 aliphatic heterocycles. The number of piperidine rings is 1. The Hall–Kier alpha value is -3.32. The van der Waals surface area contributed by atoms with Crippen molar-refractivity contribution in [3.63, 3.8) is 0 Å². The molecule has 0 aliphatic carbocycles. The van der Waals surface area contributed by atoms with Crippen molar-refractivity contribution in [3.8, 4) is 0 Å². The molecule has 0 bridgehead atoms. The molecular weight excluding hydrogens is 464 g/mol. The lowest BCUT2D eigenvalue weighted by Gasteiger charge is -2.30. The fourth-order valence-corrected chi connectivity index (χ4v) is 5.13. The van der Waals surface area contributed by atoms with Crippen LogP contribution in [0.1, 0.15) is 37.2 Å². The number of anilines is 1. The van der Waals surface area contributed by atoms with Crippen LogP contribution in [0.5, 0.6) is 0 Å². The number of hydrogen-bond acceptors (Lipinski definition) is 7. The molecule has 1 fully saturated rings. The number of aryl methyl sites for hydroxylation is 1. The van der Waals surface area contributed by atoms with Crippen LogP contribution in [0.3, 0.4) is 0 Å². The van der Waals surface area contributed by atoms with Crippen molar-refractivity contribution >= 4 is 33.2 Å². The number of nitro benzene ring substituents is 1. The highest BCUT2D eigenvalue weighted by Gasteiger charge is 2.33. The smallest absolute Gasteiger partial charge is 0.271 e. The van der Waals surface area contributed by atoms with Crippen LogP contribution < -0.4 is 10.6 Å². The van der Waals surface area contributed by atoms with Crippen LogP contribution >= 0.6 is 0 Å². The van der Waals surface area contributed by atoms with E-state index >= 15 is 0 Å². The molecule has 2 heterocycles. The van der Waals surface area contributed by atoms with Gasteiger partial charge in [-0.25, -0.2) is 8.42 Å². The molecule has 0 saturated carbocycles. The van der Waals surface area contributed by atoms with Gasteiger partial charge < -0.3 is 10.6 Å². The van der Waals surface area contributed by atoms with Gasteiger partial charge in [0.05, 0.1) is 21.7 Å². The van der Waals surface area contributed by atoms with Crippen molar-refractivity contribution in [3.05, 3.63) is 46.3 Å². The lowest BCUT2D eigenvalue weighted by Crippen LogP contribution is -2.41. The van der Waals surface area contributed by atoms with Crippen LogP contribution in [0, 0.1) is 22.0 Å². The molecule has 184 valence electrons. The average molecular weight is 493 g/mol. The number of nitrogens with zero attached hydrogens (tertiary/aromatic N) is 4. The summed E-state index contributed by atoms with van der Waals surface area (Å²) in [6, 6.07) is 4.72. The second-order valence-electron chi connectivity index (χ2n) is 8.55. The lowest BCUT2D eigenvalue weighted by atomic mass is 9.97. The van der Waals surface area contributed by atoms with Crippen LogP contribution in [0.15, 0.2) is 35.4 Å². The fourth-order valence-electron chi connectivity index (χ4n) is 3.66. The highest BCUT2D eigenvalue weighted by atomic mass is 32.2. The predicted octanol–water partition coefficient (Wildman–Crippen LogP) is 1.75. The third kappa shape index (κ3) is 5.59. The third-order valence-electron chi connectivity index (χ3n) is 5.59. The molecule has 2 N–H and O–H groups in total. The number of carbonyl (C=O) groups excluding carboxylic acids is 2. The van der Waals surface area contributed by atoms with E-state index in [9.17, 15) is 28.1 Å². The second kappa shape index (κ2) is 10.3. The molecule has 1 aliphatic rings. The van der Waals surface area contributed by atoms with Crippen molar-refractivity contribution in [2.45, 2.75) is 31.6 Å². The molecule has 1 aromatic carbocycles. The van der Waals surface area contributed by atoms with E-state index in [-0.39, 0.29) is 47.1 Å². The number of hydrogen-bond donors (Lipinski definition) is 2. The molecule has 12 nitrogen and oxygen atoms in total. The highest BCUT2D eigenvalue weighted by Crippen LogP contribution is 2.26. The van der Waals surface area contributed by atoms with Gasteiger partial charge in [-0.1, -0.05) is 13.8 Å². The van der Waals surface area contributed by atoms with E-state index in [1.54, 1.807) is 7.05 Å². The number of non-ortho nitro benzene ring substituents is 1. The SMILES string of the molecule is CC(C)CNC(=O)c1c(NC(=O)C2CCN(S(=O)(=O)c3ccc([N+](=O)[O-])cc3)CC2)cnn1C. The molecule has 0 spiro atoms. The van der Waals surface area contributed by atoms with E-state index in [1.165, 1.54) is 27.3 Å². The van der Waals surface area contributed by atoms with Crippen molar-refractivity contribution < 1.29 is 22.9 Å². The Morgan fingerprint density at radius 2 is 1.82 bits per heavy atom. The summed E-state index contributed by atoms with van der Waals surface area (Å²) in [6.07, 6.45) is 2.01. The molecule has 2 aromatic rings. The number of benzene rings is 1. The molecular formula is C21H28N6O6S. The first-order chi connectivity index (χ1) is 16.0. The maximum absolute atomic E-state index is 12.9. The van der Waals surface area contributed by atoms with Gasteiger partial charge in [0.25, 0.3) is 11.6 Å². The van der Waals surface area contributed by atoms with E-state index in [1.807, 2.05) is 13.8 Å². The van der Waals surface area contributed by atoms with Crippen molar-refractivity contribution in [1.82, 2.24) is 19.4 Å². The molecule has 3 rings (SSSR count). The minimum absolute atomic E-state index is 0.0339. The van der Waals surface area contributed by atoms with Gasteiger partial charge in [-0.3, -0.25) is 24.4 Å². The maximum atomic E-state index is 12.9. The number of nitrogens with one attached hydrogen (secondary N) is 2. The van der Waals surface area contributed by atoms with E-state index in [2.05, 4.69) is 15.7 Å². The zero-order valence-electron chi connectivity index (χ0n) is 19.2. The molecule has 2 amide bonds. The Labute approximate surface area is 197 Å². The van der Waals surface area contributed by atoms with Crippen LogP contribution in [0.4, 0.5) is 11.4 Å². The first-order valence-corrected chi connectivity index (χ1v) is 12.3. The Bertz CT molecular complexity index is 1170. The van der Waals surface area contributed by atoms with Gasteiger partial charge >= 0.3 is 0 Å². The van der Waals surface area contributed by atoms with E-state index in [0.29, 0.717) is 25.1 Å². The average Bonchev–Trinajstić information content (AvgIpc) is 3.17. The fraction of sp³-hybridized carbons (Fsp3) is 0.476. The van der Waals surface area contributed by atoms with Gasteiger partial charge in [0.1, 0.15) is 5.69 Å². The van der Waals surface area contributed by atoms with E-state index < -0.39 is 20.9 Å². The summed E-state index contributed by atoms with van der Waals surface area (Å²) in [5, 5.41) is 20.4. The molecule has 1 aromatic heterocycles. The van der Waals surface area contributed by atoms with E-state index in [0.717, 1.165) is 12.1 Å². The number of nitro groups is 1. The summed E-state index contributed by atoms with van der Waals surface area (Å²) < 4.78 is 28.4. The monoisotopic (exact) mass is 492 g/mol. The Morgan fingerprint density at radius 3 is 2.38 bits per heavy atom. The van der Waals surface area contributed by atoms with Crippen molar-refractivity contribution in [2.24, 2.45) is 18.9 Å². The van der Waals surface area contributed by atoms with Crippen molar-refractivity contribution in [1.29, 1.82) is 0 Å². The summed E-state index contributed by atoms with van der Waals surface area (Å²) in [5.74, 6) is -0.816. The molecule has 0 unspecified atom stereocenters. The molecule has 0 atom stereocenters. The van der Waals surface area contributed by atoms with Gasteiger partial charge in [0, 0.05) is 44.7 Å². The maximum Gasteiger partial charge on any atom is 0.271 e. The zero-order chi connectivity index (χ0) is 25.0. The minimum Gasteiger partial charge on any atom is -0.350 e. The number of amides is 2. The molecule has 1 saturated heterocycles. The first-order valence-electron chi connectivity index (χ1n) is 10.9. The predicted molar refractivity (Wildman–Crippen MR) is 124 cm³/mol.